The van der Waals surface area contributed by atoms with Gasteiger partial charge < -0.3 is 10.5 Å². The Bertz CT molecular complexity index is 362. The Hall–Kier alpha value is -1.00. The molecule has 2 rings (SSSR count). The average molecular weight is 235 g/mol. The van der Waals surface area contributed by atoms with Crippen LogP contribution in [0.15, 0.2) is 6.07 Å². The minimum absolute atomic E-state index is 0.302. The van der Waals surface area contributed by atoms with Gasteiger partial charge >= 0.3 is 0 Å². The summed E-state index contributed by atoms with van der Waals surface area (Å²) < 4.78 is 5.72. The first-order valence-electron chi connectivity index (χ1n) is 6.43. The van der Waals surface area contributed by atoms with E-state index in [0.29, 0.717) is 12.6 Å². The van der Waals surface area contributed by atoms with Crippen LogP contribution in [0.2, 0.25) is 0 Å². The summed E-state index contributed by atoms with van der Waals surface area (Å²) in [4.78, 5) is 9.02. The molecule has 0 aliphatic carbocycles. The monoisotopic (exact) mass is 235 g/mol. The molecule has 1 aromatic rings. The summed E-state index contributed by atoms with van der Waals surface area (Å²) in [6, 6.07) is 2.01. The predicted molar refractivity (Wildman–Crippen MR) is 66.8 cm³/mol. The van der Waals surface area contributed by atoms with Gasteiger partial charge in [0.1, 0.15) is 5.82 Å². The van der Waals surface area contributed by atoms with Crippen molar-refractivity contribution in [3.05, 3.63) is 23.3 Å². The second-order valence-corrected chi connectivity index (χ2v) is 4.65. The van der Waals surface area contributed by atoms with E-state index in [-0.39, 0.29) is 0 Å². The van der Waals surface area contributed by atoms with Crippen molar-refractivity contribution in [3.63, 3.8) is 0 Å². The highest BCUT2D eigenvalue weighted by Crippen LogP contribution is 2.16. The first kappa shape index (κ1) is 12.5. The lowest BCUT2D eigenvalue weighted by molar-refractivity contribution is 0.0156. The van der Waals surface area contributed by atoms with Crippen LogP contribution in [0.25, 0.3) is 0 Å². The molecule has 0 amide bonds. The molecule has 0 bridgehead atoms. The number of nitrogens with two attached hydrogens (primary N) is 1. The lowest BCUT2D eigenvalue weighted by atomic mass is 10.1. The second-order valence-electron chi connectivity index (χ2n) is 4.65. The summed E-state index contributed by atoms with van der Waals surface area (Å²) in [6.07, 6.45) is 5.52. The van der Waals surface area contributed by atoms with E-state index in [1.807, 2.05) is 13.0 Å². The minimum atomic E-state index is 0.302. The van der Waals surface area contributed by atoms with Crippen LogP contribution in [-0.2, 0) is 17.6 Å². The van der Waals surface area contributed by atoms with E-state index in [4.69, 9.17) is 10.5 Å². The summed E-state index contributed by atoms with van der Waals surface area (Å²) in [6.45, 7) is 3.52. The molecule has 0 spiro atoms. The van der Waals surface area contributed by atoms with Gasteiger partial charge in [0.25, 0.3) is 0 Å². The molecule has 2 N–H and O–H groups in total. The number of aryl methyl sites for hydroxylation is 1. The Kier molecular flexibility index (Phi) is 4.45. The molecule has 1 atom stereocenters. The molecule has 4 heteroatoms. The van der Waals surface area contributed by atoms with Crippen LogP contribution in [0, 0.1) is 6.92 Å². The molecule has 94 valence electrons. The van der Waals surface area contributed by atoms with E-state index in [9.17, 15) is 0 Å². The van der Waals surface area contributed by atoms with Crippen LogP contribution in [0.5, 0.6) is 0 Å². The van der Waals surface area contributed by atoms with Crippen LogP contribution >= 0.6 is 0 Å². The molecule has 1 aliphatic heterocycles. The van der Waals surface area contributed by atoms with E-state index < -0.39 is 0 Å². The molecule has 0 radical (unpaired) electrons. The number of aromatic nitrogens is 2. The molecule has 4 nitrogen and oxygen atoms in total. The summed E-state index contributed by atoms with van der Waals surface area (Å²) >= 11 is 0. The van der Waals surface area contributed by atoms with Crippen LogP contribution in [0.1, 0.15) is 36.5 Å². The zero-order valence-corrected chi connectivity index (χ0v) is 10.5. The van der Waals surface area contributed by atoms with Crippen LogP contribution in [0.3, 0.4) is 0 Å². The smallest absolute Gasteiger partial charge is 0.131 e. The van der Waals surface area contributed by atoms with Crippen molar-refractivity contribution >= 4 is 0 Å². The van der Waals surface area contributed by atoms with E-state index >= 15 is 0 Å². The standard InChI is InChI=1S/C13H21N3O/c1-10-8-11(5-6-14)16-13(15-10)9-12-4-2-3-7-17-12/h8,12H,2-7,9,14H2,1H3. The SMILES string of the molecule is Cc1cc(CCN)nc(CC2CCCCO2)n1. The Morgan fingerprint density at radius 3 is 3.00 bits per heavy atom. The van der Waals surface area contributed by atoms with Gasteiger partial charge in [-0.15, -0.1) is 0 Å². The van der Waals surface area contributed by atoms with Crippen molar-refractivity contribution in [2.45, 2.75) is 45.1 Å². The number of hydrogen-bond donors (Lipinski definition) is 1. The number of nitrogens with zero attached hydrogens (tertiary/aromatic N) is 2. The lowest BCUT2D eigenvalue weighted by Gasteiger charge is -2.22. The molecule has 17 heavy (non-hydrogen) atoms. The van der Waals surface area contributed by atoms with Crippen molar-refractivity contribution in [1.29, 1.82) is 0 Å². The molecular formula is C13H21N3O. The summed E-state index contributed by atoms with van der Waals surface area (Å²) in [7, 11) is 0. The highest BCUT2D eigenvalue weighted by molar-refractivity contribution is 5.11. The van der Waals surface area contributed by atoms with Gasteiger partial charge in [-0.1, -0.05) is 0 Å². The zero-order valence-electron chi connectivity index (χ0n) is 10.5. The molecular weight excluding hydrogens is 214 g/mol. The number of rotatable bonds is 4. The van der Waals surface area contributed by atoms with E-state index in [2.05, 4.69) is 9.97 Å². The molecule has 1 aromatic heterocycles. The topological polar surface area (TPSA) is 61.0 Å². The Balaban J connectivity index is 2.03. The number of hydrogen-bond acceptors (Lipinski definition) is 4. The van der Waals surface area contributed by atoms with Gasteiger partial charge in [0.2, 0.25) is 0 Å². The van der Waals surface area contributed by atoms with E-state index in [0.717, 1.165) is 43.1 Å². The quantitative estimate of drug-likeness (QED) is 0.857. The molecule has 1 saturated heterocycles. The first-order valence-corrected chi connectivity index (χ1v) is 6.43. The van der Waals surface area contributed by atoms with Gasteiger partial charge in [0.05, 0.1) is 6.10 Å². The Morgan fingerprint density at radius 1 is 1.41 bits per heavy atom. The van der Waals surface area contributed by atoms with E-state index in [1.54, 1.807) is 0 Å². The fourth-order valence-electron chi connectivity index (χ4n) is 2.24. The molecule has 1 fully saturated rings. The third kappa shape index (κ3) is 3.75. The van der Waals surface area contributed by atoms with Crippen molar-refractivity contribution in [2.24, 2.45) is 5.73 Å². The maximum Gasteiger partial charge on any atom is 0.131 e. The van der Waals surface area contributed by atoms with Crippen molar-refractivity contribution in [2.75, 3.05) is 13.2 Å². The maximum atomic E-state index is 5.72. The maximum absolute atomic E-state index is 5.72. The third-order valence-electron chi connectivity index (χ3n) is 3.04. The van der Waals surface area contributed by atoms with Crippen molar-refractivity contribution in [1.82, 2.24) is 9.97 Å². The molecule has 1 aliphatic rings. The minimum Gasteiger partial charge on any atom is -0.378 e. The van der Waals surface area contributed by atoms with Crippen LogP contribution in [0.4, 0.5) is 0 Å². The van der Waals surface area contributed by atoms with Gasteiger partial charge in [0.15, 0.2) is 0 Å². The fourth-order valence-corrected chi connectivity index (χ4v) is 2.24. The van der Waals surface area contributed by atoms with Crippen LogP contribution < -0.4 is 5.73 Å². The van der Waals surface area contributed by atoms with Gasteiger partial charge in [-0.2, -0.15) is 0 Å². The van der Waals surface area contributed by atoms with Gasteiger partial charge in [-0.3, -0.25) is 0 Å². The largest absolute Gasteiger partial charge is 0.378 e. The fraction of sp³-hybridized carbons (Fsp3) is 0.692. The summed E-state index contributed by atoms with van der Waals surface area (Å²) in [5, 5.41) is 0. The molecule has 1 unspecified atom stereocenters. The summed E-state index contributed by atoms with van der Waals surface area (Å²) in [5.41, 5.74) is 7.63. The van der Waals surface area contributed by atoms with Gasteiger partial charge in [-0.05, 0) is 38.8 Å². The Morgan fingerprint density at radius 2 is 2.29 bits per heavy atom. The van der Waals surface area contributed by atoms with Gasteiger partial charge in [-0.25, -0.2) is 9.97 Å². The molecule has 0 saturated carbocycles. The third-order valence-corrected chi connectivity index (χ3v) is 3.04. The normalized spacial score (nSPS) is 20.5. The lowest BCUT2D eigenvalue weighted by Crippen LogP contribution is -2.23. The highest BCUT2D eigenvalue weighted by Gasteiger charge is 2.16. The average Bonchev–Trinajstić information content (AvgIpc) is 2.30. The number of ether oxygens (including phenoxy) is 1. The zero-order chi connectivity index (χ0) is 12.1. The van der Waals surface area contributed by atoms with Crippen molar-refractivity contribution < 1.29 is 4.74 Å². The summed E-state index contributed by atoms with van der Waals surface area (Å²) in [5.74, 6) is 0.903. The molecule has 0 aromatic carbocycles. The highest BCUT2D eigenvalue weighted by atomic mass is 16.5. The van der Waals surface area contributed by atoms with Gasteiger partial charge in [0, 0.05) is 30.8 Å². The van der Waals surface area contributed by atoms with E-state index in [1.165, 1.54) is 12.8 Å². The van der Waals surface area contributed by atoms with Crippen LogP contribution in [-0.4, -0.2) is 29.2 Å². The first-order chi connectivity index (χ1) is 8.28. The second kappa shape index (κ2) is 6.07. The predicted octanol–water partition coefficient (Wildman–Crippen LogP) is 1.40. The Labute approximate surface area is 103 Å². The van der Waals surface area contributed by atoms with Crippen molar-refractivity contribution in [3.8, 4) is 0 Å². The molecule has 2 heterocycles.